The number of hydrogen-bond acceptors (Lipinski definition) is 3. The summed E-state index contributed by atoms with van der Waals surface area (Å²) in [6.07, 6.45) is 0. The molecule has 1 aromatic carbocycles. The van der Waals surface area contributed by atoms with Crippen molar-refractivity contribution in [3.05, 3.63) is 30.1 Å². The van der Waals surface area contributed by atoms with Crippen molar-refractivity contribution >= 4 is 18.3 Å². The molecule has 0 saturated carbocycles. The lowest BCUT2D eigenvalue weighted by atomic mass is 10.0. The molecule has 2 atom stereocenters. The molecule has 114 valence electrons. The van der Waals surface area contributed by atoms with Crippen LogP contribution in [0.5, 0.6) is 5.75 Å². The summed E-state index contributed by atoms with van der Waals surface area (Å²) in [5.41, 5.74) is 5.69. The molecule has 0 spiro atoms. The van der Waals surface area contributed by atoms with E-state index in [1.165, 1.54) is 6.07 Å². The predicted octanol–water partition coefficient (Wildman–Crippen LogP) is 2.07. The maximum absolute atomic E-state index is 13.3. The van der Waals surface area contributed by atoms with Gasteiger partial charge >= 0.3 is 0 Å². The molecule has 4 nitrogen and oxygen atoms in total. The second-order valence-corrected chi connectivity index (χ2v) is 4.69. The standard InChI is InChI=1S/C14H21FN2O2.ClH/c1-10(11(2)16)14(18)17(3)8-9-19-13-7-5-4-6-12(13)15;/h4-7,10-11H,8-9,16H2,1-3H3;1H. The molecule has 0 heterocycles. The highest BCUT2D eigenvalue weighted by molar-refractivity contribution is 5.85. The summed E-state index contributed by atoms with van der Waals surface area (Å²) < 4.78 is 18.6. The fourth-order valence-corrected chi connectivity index (χ4v) is 1.54. The van der Waals surface area contributed by atoms with Gasteiger partial charge in [-0.25, -0.2) is 4.39 Å². The van der Waals surface area contributed by atoms with Gasteiger partial charge in [-0.2, -0.15) is 0 Å². The van der Waals surface area contributed by atoms with Crippen molar-refractivity contribution < 1.29 is 13.9 Å². The van der Waals surface area contributed by atoms with Gasteiger partial charge in [0.15, 0.2) is 11.6 Å². The molecule has 20 heavy (non-hydrogen) atoms. The number of amides is 1. The van der Waals surface area contributed by atoms with Crippen LogP contribution in [0.25, 0.3) is 0 Å². The minimum Gasteiger partial charge on any atom is -0.489 e. The highest BCUT2D eigenvalue weighted by atomic mass is 35.5. The number of rotatable bonds is 6. The van der Waals surface area contributed by atoms with E-state index in [9.17, 15) is 9.18 Å². The second-order valence-electron chi connectivity index (χ2n) is 4.69. The number of carbonyl (C=O) groups excluding carboxylic acids is 1. The van der Waals surface area contributed by atoms with Crippen LogP contribution >= 0.6 is 12.4 Å². The molecule has 0 fully saturated rings. The Kier molecular flexibility index (Phi) is 8.18. The van der Waals surface area contributed by atoms with Gasteiger partial charge in [0.2, 0.25) is 5.91 Å². The summed E-state index contributed by atoms with van der Waals surface area (Å²) in [4.78, 5) is 13.5. The molecule has 1 aromatic rings. The van der Waals surface area contributed by atoms with Crippen LogP contribution in [0.4, 0.5) is 4.39 Å². The van der Waals surface area contributed by atoms with E-state index < -0.39 is 5.82 Å². The van der Waals surface area contributed by atoms with Gasteiger partial charge in [-0.3, -0.25) is 4.79 Å². The van der Waals surface area contributed by atoms with Crippen LogP contribution in [0.15, 0.2) is 24.3 Å². The molecular weight excluding hydrogens is 283 g/mol. The van der Waals surface area contributed by atoms with Crippen molar-refractivity contribution in [3.8, 4) is 5.75 Å². The zero-order valence-corrected chi connectivity index (χ0v) is 12.8. The van der Waals surface area contributed by atoms with Gasteiger partial charge in [-0.15, -0.1) is 12.4 Å². The Morgan fingerprint density at radius 1 is 1.40 bits per heavy atom. The summed E-state index contributed by atoms with van der Waals surface area (Å²) in [5.74, 6) is -0.477. The SMILES string of the molecule is CC(N)C(C)C(=O)N(C)CCOc1ccccc1F.Cl. The summed E-state index contributed by atoms with van der Waals surface area (Å²) in [7, 11) is 1.69. The summed E-state index contributed by atoms with van der Waals surface area (Å²) in [6, 6.07) is 6.00. The lowest BCUT2D eigenvalue weighted by Crippen LogP contribution is -2.41. The van der Waals surface area contributed by atoms with E-state index in [-0.39, 0.29) is 42.6 Å². The van der Waals surface area contributed by atoms with E-state index in [1.54, 1.807) is 44.0 Å². The van der Waals surface area contributed by atoms with Gasteiger partial charge in [-0.1, -0.05) is 19.1 Å². The van der Waals surface area contributed by atoms with Crippen molar-refractivity contribution in [1.82, 2.24) is 4.90 Å². The molecule has 2 N–H and O–H groups in total. The number of nitrogens with two attached hydrogens (primary N) is 1. The first kappa shape index (κ1) is 18.7. The zero-order chi connectivity index (χ0) is 14.4. The third kappa shape index (κ3) is 5.35. The Bertz CT molecular complexity index is 429. The first-order chi connectivity index (χ1) is 8.93. The fraction of sp³-hybridized carbons (Fsp3) is 0.500. The van der Waals surface area contributed by atoms with Crippen molar-refractivity contribution in [2.24, 2.45) is 11.7 Å². The molecule has 0 bridgehead atoms. The number of halogens is 2. The smallest absolute Gasteiger partial charge is 0.226 e. The van der Waals surface area contributed by atoms with E-state index in [0.29, 0.717) is 6.54 Å². The van der Waals surface area contributed by atoms with Crippen LogP contribution in [-0.2, 0) is 4.79 Å². The minimum absolute atomic E-state index is 0. The van der Waals surface area contributed by atoms with E-state index in [1.807, 2.05) is 0 Å². The Morgan fingerprint density at radius 3 is 2.55 bits per heavy atom. The average molecular weight is 305 g/mol. The zero-order valence-electron chi connectivity index (χ0n) is 12.0. The maximum Gasteiger partial charge on any atom is 0.226 e. The molecule has 1 amide bonds. The topological polar surface area (TPSA) is 55.6 Å². The van der Waals surface area contributed by atoms with E-state index >= 15 is 0 Å². The normalized spacial score (nSPS) is 13.1. The van der Waals surface area contributed by atoms with Gasteiger partial charge in [0.25, 0.3) is 0 Å². The maximum atomic E-state index is 13.3. The van der Waals surface area contributed by atoms with E-state index in [2.05, 4.69) is 0 Å². The Labute approximate surface area is 125 Å². The Hall–Kier alpha value is -1.33. The van der Waals surface area contributed by atoms with E-state index in [4.69, 9.17) is 10.5 Å². The van der Waals surface area contributed by atoms with Crippen LogP contribution in [0.3, 0.4) is 0 Å². The monoisotopic (exact) mass is 304 g/mol. The summed E-state index contributed by atoms with van der Waals surface area (Å²) in [6.45, 7) is 4.23. The average Bonchev–Trinajstić information content (AvgIpc) is 2.38. The Morgan fingerprint density at radius 2 is 2.00 bits per heavy atom. The van der Waals surface area contributed by atoms with Crippen molar-refractivity contribution in [2.45, 2.75) is 19.9 Å². The molecule has 0 aliphatic rings. The van der Waals surface area contributed by atoms with Crippen LogP contribution in [-0.4, -0.2) is 37.0 Å². The number of hydrogen-bond donors (Lipinski definition) is 1. The molecule has 6 heteroatoms. The number of carbonyl (C=O) groups is 1. The molecule has 1 rings (SSSR count). The van der Waals surface area contributed by atoms with Crippen molar-refractivity contribution in [1.29, 1.82) is 0 Å². The molecule has 0 aliphatic heterocycles. The third-order valence-electron chi connectivity index (χ3n) is 3.08. The number of para-hydroxylation sites is 1. The largest absolute Gasteiger partial charge is 0.489 e. The summed E-state index contributed by atoms with van der Waals surface area (Å²) >= 11 is 0. The predicted molar refractivity (Wildman–Crippen MR) is 79.6 cm³/mol. The molecule has 2 unspecified atom stereocenters. The van der Waals surface area contributed by atoms with Crippen molar-refractivity contribution in [3.63, 3.8) is 0 Å². The number of benzene rings is 1. The Balaban J connectivity index is 0.00000361. The van der Waals surface area contributed by atoms with Crippen LogP contribution < -0.4 is 10.5 Å². The molecule has 0 aromatic heterocycles. The lowest BCUT2D eigenvalue weighted by molar-refractivity contribution is -0.134. The van der Waals surface area contributed by atoms with Gasteiger partial charge in [0.05, 0.1) is 12.5 Å². The lowest BCUT2D eigenvalue weighted by Gasteiger charge is -2.23. The first-order valence-electron chi connectivity index (χ1n) is 6.31. The van der Waals surface area contributed by atoms with Crippen molar-refractivity contribution in [2.75, 3.05) is 20.2 Å². The quantitative estimate of drug-likeness (QED) is 0.875. The van der Waals surface area contributed by atoms with Crippen LogP contribution in [0.1, 0.15) is 13.8 Å². The van der Waals surface area contributed by atoms with Gasteiger partial charge in [-0.05, 0) is 19.1 Å². The van der Waals surface area contributed by atoms with Gasteiger partial charge < -0.3 is 15.4 Å². The summed E-state index contributed by atoms with van der Waals surface area (Å²) in [5, 5.41) is 0. The first-order valence-corrected chi connectivity index (χ1v) is 6.31. The number of likely N-dealkylation sites (N-methyl/N-ethyl adjacent to an activating group) is 1. The van der Waals surface area contributed by atoms with Crippen LogP contribution in [0, 0.1) is 11.7 Å². The minimum atomic E-state index is -0.402. The molecule has 0 saturated heterocycles. The third-order valence-corrected chi connectivity index (χ3v) is 3.08. The second kappa shape index (κ2) is 8.76. The highest BCUT2D eigenvalue weighted by Gasteiger charge is 2.20. The van der Waals surface area contributed by atoms with Crippen LogP contribution in [0.2, 0.25) is 0 Å². The fourth-order valence-electron chi connectivity index (χ4n) is 1.54. The van der Waals surface area contributed by atoms with Gasteiger partial charge in [0, 0.05) is 13.1 Å². The molecule has 0 radical (unpaired) electrons. The highest BCUT2D eigenvalue weighted by Crippen LogP contribution is 2.15. The van der Waals surface area contributed by atoms with E-state index in [0.717, 1.165) is 0 Å². The number of ether oxygens (including phenoxy) is 1. The van der Waals surface area contributed by atoms with Gasteiger partial charge in [0.1, 0.15) is 6.61 Å². The molecular formula is C14H22ClFN2O2. The number of nitrogens with zero attached hydrogens (tertiary/aromatic N) is 1. The molecule has 0 aliphatic carbocycles.